The van der Waals surface area contributed by atoms with Crippen molar-refractivity contribution < 1.29 is 4.74 Å². The molecule has 0 saturated carbocycles. The van der Waals surface area contributed by atoms with Crippen molar-refractivity contribution in [3.63, 3.8) is 0 Å². The molecule has 0 aliphatic carbocycles. The number of benzene rings is 2. The van der Waals surface area contributed by atoms with Crippen LogP contribution in [0.2, 0.25) is 0 Å². The van der Waals surface area contributed by atoms with Gasteiger partial charge in [-0.2, -0.15) is 0 Å². The van der Waals surface area contributed by atoms with Crippen molar-refractivity contribution in [3.05, 3.63) is 59.2 Å². The Morgan fingerprint density at radius 1 is 0.944 bits per heavy atom. The molecule has 0 spiro atoms. The maximum atomic E-state index is 5.88. The number of nitrogens with two attached hydrogens (primary N) is 1. The van der Waals surface area contributed by atoms with Gasteiger partial charge in [-0.1, -0.05) is 18.2 Å². The summed E-state index contributed by atoms with van der Waals surface area (Å²) in [6.07, 6.45) is 0. The van der Waals surface area contributed by atoms with E-state index in [1.54, 1.807) is 0 Å². The Bertz CT molecular complexity index is 526. The second kappa shape index (κ2) is 5.23. The maximum Gasteiger partial charge on any atom is 0.127 e. The highest BCUT2D eigenvalue weighted by molar-refractivity contribution is 5.38. The van der Waals surface area contributed by atoms with Crippen LogP contribution >= 0.6 is 0 Å². The fourth-order valence-corrected chi connectivity index (χ4v) is 1.99. The van der Waals surface area contributed by atoms with E-state index in [2.05, 4.69) is 19.9 Å². The highest BCUT2D eigenvalue weighted by Crippen LogP contribution is 2.25. The van der Waals surface area contributed by atoms with Crippen LogP contribution in [0.3, 0.4) is 0 Å². The summed E-state index contributed by atoms with van der Waals surface area (Å²) in [6.45, 7) is 6.10. The van der Waals surface area contributed by atoms with Crippen LogP contribution in [0, 0.1) is 13.8 Å². The SMILES string of the molecule is Cc1cc(C)cc(Oc2cccc(C(C)N)c2)c1. The fourth-order valence-electron chi connectivity index (χ4n) is 1.99. The summed E-state index contributed by atoms with van der Waals surface area (Å²) in [4.78, 5) is 0. The van der Waals surface area contributed by atoms with Gasteiger partial charge in [-0.25, -0.2) is 0 Å². The predicted molar refractivity (Wildman–Crippen MR) is 75.0 cm³/mol. The Balaban J connectivity index is 2.25. The highest BCUT2D eigenvalue weighted by Gasteiger charge is 2.03. The average molecular weight is 241 g/mol. The molecule has 2 heteroatoms. The molecule has 2 nitrogen and oxygen atoms in total. The average Bonchev–Trinajstić information content (AvgIpc) is 2.27. The second-order valence-electron chi connectivity index (χ2n) is 4.79. The van der Waals surface area contributed by atoms with Gasteiger partial charge in [-0.3, -0.25) is 0 Å². The van der Waals surface area contributed by atoms with Gasteiger partial charge in [0.25, 0.3) is 0 Å². The Kier molecular flexibility index (Phi) is 3.68. The second-order valence-corrected chi connectivity index (χ2v) is 4.79. The monoisotopic (exact) mass is 241 g/mol. The zero-order chi connectivity index (χ0) is 13.1. The summed E-state index contributed by atoms with van der Waals surface area (Å²) in [6, 6.07) is 14.1. The zero-order valence-corrected chi connectivity index (χ0v) is 11.1. The summed E-state index contributed by atoms with van der Waals surface area (Å²) in [5.74, 6) is 1.70. The molecule has 0 bridgehead atoms. The Morgan fingerprint density at radius 2 is 1.61 bits per heavy atom. The molecular weight excluding hydrogens is 222 g/mol. The van der Waals surface area contributed by atoms with Crippen molar-refractivity contribution in [2.24, 2.45) is 5.73 Å². The summed E-state index contributed by atoms with van der Waals surface area (Å²) in [5.41, 5.74) is 9.35. The lowest BCUT2D eigenvalue weighted by Gasteiger charge is -2.10. The molecule has 0 aliphatic heterocycles. The van der Waals surface area contributed by atoms with Crippen molar-refractivity contribution >= 4 is 0 Å². The molecule has 1 atom stereocenters. The maximum absolute atomic E-state index is 5.88. The Labute approximate surface area is 108 Å². The lowest BCUT2D eigenvalue weighted by molar-refractivity contribution is 0.480. The van der Waals surface area contributed by atoms with E-state index in [9.17, 15) is 0 Å². The van der Waals surface area contributed by atoms with E-state index in [1.807, 2.05) is 43.3 Å². The first-order valence-corrected chi connectivity index (χ1v) is 6.16. The molecule has 0 fully saturated rings. The van der Waals surface area contributed by atoms with Gasteiger partial charge >= 0.3 is 0 Å². The van der Waals surface area contributed by atoms with Gasteiger partial charge in [0.2, 0.25) is 0 Å². The molecule has 2 aromatic carbocycles. The van der Waals surface area contributed by atoms with E-state index in [4.69, 9.17) is 10.5 Å². The van der Waals surface area contributed by atoms with Gasteiger partial charge < -0.3 is 10.5 Å². The molecule has 0 aromatic heterocycles. The fraction of sp³-hybridized carbons (Fsp3) is 0.250. The normalized spacial score (nSPS) is 12.2. The molecule has 0 amide bonds. The minimum absolute atomic E-state index is 0.0211. The van der Waals surface area contributed by atoms with Gasteiger partial charge in [0.05, 0.1) is 0 Å². The molecule has 0 heterocycles. The quantitative estimate of drug-likeness (QED) is 0.877. The summed E-state index contributed by atoms with van der Waals surface area (Å²) in [5, 5.41) is 0. The molecule has 94 valence electrons. The number of ether oxygens (including phenoxy) is 1. The third kappa shape index (κ3) is 3.11. The van der Waals surface area contributed by atoms with Crippen molar-refractivity contribution in [1.29, 1.82) is 0 Å². The molecule has 0 saturated heterocycles. The number of rotatable bonds is 3. The lowest BCUT2D eigenvalue weighted by atomic mass is 10.1. The third-order valence-electron chi connectivity index (χ3n) is 2.81. The molecule has 0 radical (unpaired) electrons. The molecule has 2 rings (SSSR count). The van der Waals surface area contributed by atoms with Crippen LogP contribution in [0.15, 0.2) is 42.5 Å². The van der Waals surface area contributed by atoms with E-state index in [1.165, 1.54) is 11.1 Å². The van der Waals surface area contributed by atoms with Crippen molar-refractivity contribution in [2.45, 2.75) is 26.8 Å². The number of hydrogen-bond donors (Lipinski definition) is 1. The van der Waals surface area contributed by atoms with Crippen molar-refractivity contribution in [2.75, 3.05) is 0 Å². The summed E-state index contributed by atoms with van der Waals surface area (Å²) >= 11 is 0. The van der Waals surface area contributed by atoms with Crippen molar-refractivity contribution in [1.82, 2.24) is 0 Å². The molecule has 18 heavy (non-hydrogen) atoms. The van der Waals surface area contributed by atoms with E-state index >= 15 is 0 Å². The smallest absolute Gasteiger partial charge is 0.127 e. The summed E-state index contributed by atoms with van der Waals surface area (Å²) < 4.78 is 5.88. The minimum atomic E-state index is 0.0211. The van der Waals surface area contributed by atoms with E-state index in [0.717, 1.165) is 17.1 Å². The van der Waals surface area contributed by atoms with Gasteiger partial charge in [0.1, 0.15) is 11.5 Å². The first-order valence-electron chi connectivity index (χ1n) is 6.16. The van der Waals surface area contributed by atoms with Gasteiger partial charge in [0, 0.05) is 6.04 Å². The van der Waals surface area contributed by atoms with Crippen LogP contribution in [0.4, 0.5) is 0 Å². The first kappa shape index (κ1) is 12.7. The summed E-state index contributed by atoms with van der Waals surface area (Å²) in [7, 11) is 0. The number of aryl methyl sites for hydroxylation is 2. The van der Waals surface area contributed by atoms with Crippen molar-refractivity contribution in [3.8, 4) is 11.5 Å². The molecular formula is C16H19NO. The van der Waals surface area contributed by atoms with Crippen LogP contribution in [0.25, 0.3) is 0 Å². The third-order valence-corrected chi connectivity index (χ3v) is 2.81. The molecule has 1 unspecified atom stereocenters. The van der Waals surface area contributed by atoms with E-state index < -0.39 is 0 Å². The molecule has 2 N–H and O–H groups in total. The van der Waals surface area contributed by atoms with Gasteiger partial charge in [-0.05, 0) is 61.7 Å². The largest absolute Gasteiger partial charge is 0.457 e. The minimum Gasteiger partial charge on any atom is -0.457 e. The topological polar surface area (TPSA) is 35.2 Å². The van der Waals surface area contributed by atoms with E-state index in [0.29, 0.717) is 0 Å². The zero-order valence-electron chi connectivity index (χ0n) is 11.1. The van der Waals surface area contributed by atoms with Gasteiger partial charge in [0.15, 0.2) is 0 Å². The van der Waals surface area contributed by atoms with Crippen LogP contribution in [-0.4, -0.2) is 0 Å². The standard InChI is InChI=1S/C16H19NO/c1-11-7-12(2)9-16(8-11)18-15-6-4-5-14(10-15)13(3)17/h4-10,13H,17H2,1-3H3. The van der Waals surface area contributed by atoms with Crippen LogP contribution in [0.1, 0.15) is 29.7 Å². The van der Waals surface area contributed by atoms with Crippen LogP contribution < -0.4 is 10.5 Å². The van der Waals surface area contributed by atoms with Crippen LogP contribution in [-0.2, 0) is 0 Å². The highest BCUT2D eigenvalue weighted by atomic mass is 16.5. The lowest BCUT2D eigenvalue weighted by Crippen LogP contribution is -2.04. The van der Waals surface area contributed by atoms with E-state index in [-0.39, 0.29) is 6.04 Å². The van der Waals surface area contributed by atoms with Gasteiger partial charge in [-0.15, -0.1) is 0 Å². The Hall–Kier alpha value is -1.80. The first-order chi connectivity index (χ1) is 8.54. The molecule has 2 aromatic rings. The number of hydrogen-bond acceptors (Lipinski definition) is 2. The van der Waals surface area contributed by atoms with Crippen LogP contribution in [0.5, 0.6) is 11.5 Å². The Morgan fingerprint density at radius 3 is 2.22 bits per heavy atom. The molecule has 0 aliphatic rings. The predicted octanol–water partition coefficient (Wildman–Crippen LogP) is 4.12.